The van der Waals surface area contributed by atoms with Crippen LogP contribution in [0.1, 0.15) is 13.8 Å². The molecule has 1 saturated heterocycles. The van der Waals surface area contributed by atoms with Gasteiger partial charge in [-0.2, -0.15) is 17.0 Å². The van der Waals surface area contributed by atoms with Gasteiger partial charge in [-0.3, -0.25) is 9.59 Å². The number of carbonyl (C=O) groups excluding carboxylic acids is 1. The first-order valence-corrected chi connectivity index (χ1v) is 6.82. The van der Waals surface area contributed by atoms with Crippen LogP contribution in [0, 0.1) is 0 Å². The summed E-state index contributed by atoms with van der Waals surface area (Å²) in [5.41, 5.74) is 0. The van der Waals surface area contributed by atoms with E-state index in [0.29, 0.717) is 4.31 Å². The van der Waals surface area contributed by atoms with Crippen molar-refractivity contribution in [3.8, 4) is 0 Å². The van der Waals surface area contributed by atoms with Gasteiger partial charge in [-0.1, -0.05) is 0 Å². The summed E-state index contributed by atoms with van der Waals surface area (Å²) in [7, 11) is -2.61. The van der Waals surface area contributed by atoms with Crippen LogP contribution in [0.2, 0.25) is 0 Å². The number of nitrogens with one attached hydrogen (secondary N) is 1. The number of hydrogen-bond acceptors (Lipinski definition) is 4. The van der Waals surface area contributed by atoms with Gasteiger partial charge in [0.15, 0.2) is 0 Å². The fourth-order valence-corrected chi connectivity index (χ4v) is 3.14. The van der Waals surface area contributed by atoms with E-state index in [-0.39, 0.29) is 12.6 Å². The molecule has 0 aliphatic carbocycles. The maximum Gasteiger partial charge on any atom is 0.323 e. The summed E-state index contributed by atoms with van der Waals surface area (Å²) in [5, 5.41) is 11.3. The predicted molar refractivity (Wildman–Crippen MR) is 63.0 cm³/mol. The topological polar surface area (TPSA) is 107 Å². The second-order valence-electron chi connectivity index (χ2n) is 4.32. The summed E-state index contributed by atoms with van der Waals surface area (Å²) < 4.78 is 26.2. The van der Waals surface area contributed by atoms with E-state index in [1.807, 2.05) is 0 Å². The SMILES string of the molecule is CC(C)N(C)S(=O)(=O)N1CC(=O)NCC1C(=O)O. The number of carbonyl (C=O) groups is 2. The molecule has 1 atom stereocenters. The second-order valence-corrected chi connectivity index (χ2v) is 6.26. The molecule has 1 rings (SSSR count). The summed E-state index contributed by atoms with van der Waals surface area (Å²) in [5.74, 6) is -1.79. The van der Waals surface area contributed by atoms with Crippen molar-refractivity contribution in [1.82, 2.24) is 13.9 Å². The van der Waals surface area contributed by atoms with Gasteiger partial charge in [-0.15, -0.1) is 0 Å². The molecular weight excluding hydrogens is 262 g/mol. The molecule has 1 amide bonds. The highest BCUT2D eigenvalue weighted by atomic mass is 32.2. The highest BCUT2D eigenvalue weighted by Gasteiger charge is 2.42. The molecule has 0 spiro atoms. The molecule has 9 heteroatoms. The second kappa shape index (κ2) is 5.21. The van der Waals surface area contributed by atoms with Crippen molar-refractivity contribution in [1.29, 1.82) is 0 Å². The molecule has 0 aromatic rings. The minimum Gasteiger partial charge on any atom is -0.480 e. The molecule has 18 heavy (non-hydrogen) atoms. The number of rotatable bonds is 4. The molecule has 1 aliphatic heterocycles. The number of hydrogen-bond donors (Lipinski definition) is 2. The summed E-state index contributed by atoms with van der Waals surface area (Å²) >= 11 is 0. The van der Waals surface area contributed by atoms with Crippen molar-refractivity contribution in [2.24, 2.45) is 0 Å². The predicted octanol–water partition coefficient (Wildman–Crippen LogP) is -1.54. The number of carboxylic acids is 1. The van der Waals surface area contributed by atoms with Crippen molar-refractivity contribution in [2.75, 3.05) is 20.1 Å². The highest BCUT2D eigenvalue weighted by Crippen LogP contribution is 2.15. The summed E-state index contributed by atoms with van der Waals surface area (Å²) in [6.07, 6.45) is 0. The van der Waals surface area contributed by atoms with Gasteiger partial charge in [0, 0.05) is 19.6 Å². The van der Waals surface area contributed by atoms with Crippen LogP contribution < -0.4 is 5.32 Å². The zero-order chi connectivity index (χ0) is 14.1. The van der Waals surface area contributed by atoms with Gasteiger partial charge in [0.1, 0.15) is 6.04 Å². The number of aliphatic carboxylic acids is 1. The lowest BCUT2D eigenvalue weighted by Crippen LogP contribution is -2.62. The van der Waals surface area contributed by atoms with Gasteiger partial charge in [0.2, 0.25) is 5.91 Å². The lowest BCUT2D eigenvalue weighted by molar-refractivity contribution is -0.143. The van der Waals surface area contributed by atoms with Crippen molar-refractivity contribution in [3.63, 3.8) is 0 Å². The van der Waals surface area contributed by atoms with E-state index >= 15 is 0 Å². The molecule has 0 saturated carbocycles. The Labute approximate surface area is 106 Å². The van der Waals surface area contributed by atoms with Crippen LogP contribution in [0.4, 0.5) is 0 Å². The van der Waals surface area contributed by atoms with Gasteiger partial charge in [0.05, 0.1) is 6.54 Å². The molecule has 1 aliphatic rings. The van der Waals surface area contributed by atoms with Crippen molar-refractivity contribution in [3.05, 3.63) is 0 Å². The number of nitrogens with zero attached hydrogens (tertiary/aromatic N) is 2. The van der Waals surface area contributed by atoms with E-state index < -0.39 is 34.7 Å². The Bertz CT molecular complexity index is 447. The van der Waals surface area contributed by atoms with E-state index in [1.165, 1.54) is 7.05 Å². The highest BCUT2D eigenvalue weighted by molar-refractivity contribution is 7.86. The first kappa shape index (κ1) is 14.9. The molecule has 0 radical (unpaired) electrons. The fraction of sp³-hybridized carbons (Fsp3) is 0.778. The summed E-state index contributed by atoms with van der Waals surface area (Å²) in [4.78, 5) is 22.3. The molecule has 1 heterocycles. The molecule has 104 valence electrons. The molecule has 0 aromatic carbocycles. The minimum atomic E-state index is -3.96. The fourth-order valence-electron chi connectivity index (χ4n) is 1.50. The standard InChI is InChI=1S/C9H17N3O5S/c1-6(2)11(3)18(16,17)12-5-8(13)10-4-7(12)9(14)15/h6-7H,4-5H2,1-3H3,(H,10,13)(H,14,15). The smallest absolute Gasteiger partial charge is 0.323 e. The Balaban J connectivity index is 3.09. The molecule has 1 unspecified atom stereocenters. The molecule has 0 bridgehead atoms. The molecule has 2 N–H and O–H groups in total. The van der Waals surface area contributed by atoms with E-state index in [4.69, 9.17) is 5.11 Å². The largest absolute Gasteiger partial charge is 0.480 e. The lowest BCUT2D eigenvalue weighted by atomic mass is 10.2. The lowest BCUT2D eigenvalue weighted by Gasteiger charge is -2.35. The average molecular weight is 279 g/mol. The molecule has 0 aromatic heterocycles. The van der Waals surface area contributed by atoms with Crippen LogP contribution in [-0.2, 0) is 19.8 Å². The average Bonchev–Trinajstić information content (AvgIpc) is 2.27. The first-order valence-electron chi connectivity index (χ1n) is 5.42. The number of amides is 1. The van der Waals surface area contributed by atoms with Crippen LogP contribution in [0.3, 0.4) is 0 Å². The van der Waals surface area contributed by atoms with E-state index in [0.717, 1.165) is 4.31 Å². The number of piperazine rings is 1. The Morgan fingerprint density at radius 2 is 2.11 bits per heavy atom. The zero-order valence-corrected chi connectivity index (χ0v) is 11.3. The molecule has 8 nitrogen and oxygen atoms in total. The van der Waals surface area contributed by atoms with E-state index in [1.54, 1.807) is 13.8 Å². The monoisotopic (exact) mass is 279 g/mol. The van der Waals surface area contributed by atoms with Gasteiger partial charge in [-0.05, 0) is 13.8 Å². The van der Waals surface area contributed by atoms with Crippen molar-refractivity contribution < 1.29 is 23.1 Å². The van der Waals surface area contributed by atoms with Crippen molar-refractivity contribution >= 4 is 22.1 Å². The maximum atomic E-state index is 12.2. The van der Waals surface area contributed by atoms with Crippen LogP contribution in [0.15, 0.2) is 0 Å². The Hall–Kier alpha value is -1.19. The van der Waals surface area contributed by atoms with Crippen LogP contribution in [-0.4, -0.2) is 66.2 Å². The zero-order valence-electron chi connectivity index (χ0n) is 10.5. The Morgan fingerprint density at radius 1 is 1.56 bits per heavy atom. The van der Waals surface area contributed by atoms with E-state index in [9.17, 15) is 18.0 Å². The van der Waals surface area contributed by atoms with Gasteiger partial charge < -0.3 is 10.4 Å². The van der Waals surface area contributed by atoms with Crippen LogP contribution >= 0.6 is 0 Å². The third-order valence-corrected chi connectivity index (χ3v) is 4.94. The van der Waals surface area contributed by atoms with Crippen LogP contribution in [0.5, 0.6) is 0 Å². The molecule has 1 fully saturated rings. The normalized spacial score (nSPS) is 22.3. The van der Waals surface area contributed by atoms with Gasteiger partial charge in [0.25, 0.3) is 10.2 Å². The third kappa shape index (κ3) is 2.79. The van der Waals surface area contributed by atoms with Gasteiger partial charge >= 0.3 is 5.97 Å². The Kier molecular flexibility index (Phi) is 4.30. The minimum absolute atomic E-state index is 0.223. The number of carboxylic acid groups (broad SMARTS) is 1. The maximum absolute atomic E-state index is 12.2. The first-order chi connectivity index (χ1) is 8.17. The summed E-state index contributed by atoms with van der Waals surface area (Å²) in [6, 6.07) is -1.59. The Morgan fingerprint density at radius 3 is 2.56 bits per heavy atom. The van der Waals surface area contributed by atoms with Crippen molar-refractivity contribution in [2.45, 2.75) is 25.9 Å². The summed E-state index contributed by atoms with van der Waals surface area (Å²) in [6.45, 7) is 2.63. The third-order valence-electron chi connectivity index (χ3n) is 2.81. The van der Waals surface area contributed by atoms with Gasteiger partial charge in [-0.25, -0.2) is 0 Å². The van der Waals surface area contributed by atoms with E-state index in [2.05, 4.69) is 5.32 Å². The quantitative estimate of drug-likeness (QED) is 0.648. The molecular formula is C9H17N3O5S. The van der Waals surface area contributed by atoms with Crippen LogP contribution in [0.25, 0.3) is 0 Å².